The summed E-state index contributed by atoms with van der Waals surface area (Å²) in [6, 6.07) is 2.09. The van der Waals surface area contributed by atoms with Crippen LogP contribution < -0.4 is 11.1 Å². The highest BCUT2D eigenvalue weighted by atomic mass is 79.9. The molecule has 2 aromatic rings. The summed E-state index contributed by atoms with van der Waals surface area (Å²) < 4.78 is 1.03. The van der Waals surface area contributed by atoms with E-state index in [-0.39, 0.29) is 36.8 Å². The van der Waals surface area contributed by atoms with Gasteiger partial charge >= 0.3 is 0 Å². The van der Waals surface area contributed by atoms with Gasteiger partial charge in [-0.2, -0.15) is 0 Å². The normalized spacial score (nSPS) is 11.2. The van der Waals surface area contributed by atoms with Crippen molar-refractivity contribution < 1.29 is 4.79 Å². The predicted molar refractivity (Wildman–Crippen MR) is 98.2 cm³/mol. The van der Waals surface area contributed by atoms with E-state index in [1.807, 2.05) is 18.4 Å². The van der Waals surface area contributed by atoms with Crippen molar-refractivity contribution >= 4 is 69.3 Å². The van der Waals surface area contributed by atoms with Gasteiger partial charge in [0.2, 0.25) is 0 Å². The van der Waals surface area contributed by atoms with E-state index in [2.05, 4.69) is 26.2 Å². The first-order valence-corrected chi connectivity index (χ1v) is 8.35. The summed E-state index contributed by atoms with van der Waals surface area (Å²) in [6.45, 7) is 2.50. The highest BCUT2D eigenvalue weighted by Gasteiger charge is 2.12. The Balaban J connectivity index is 0.00000200. The van der Waals surface area contributed by atoms with Crippen LogP contribution in [0.5, 0.6) is 0 Å². The zero-order valence-electron chi connectivity index (χ0n) is 11.2. The van der Waals surface area contributed by atoms with Crippen LogP contribution in [0.15, 0.2) is 21.3 Å². The second-order valence-electron chi connectivity index (χ2n) is 4.19. The minimum atomic E-state index is -0.140. The van der Waals surface area contributed by atoms with Gasteiger partial charge in [-0.3, -0.25) is 4.79 Å². The number of carbonyl (C=O) groups is 1. The fourth-order valence-corrected chi connectivity index (χ4v) is 3.73. The van der Waals surface area contributed by atoms with E-state index in [4.69, 9.17) is 5.73 Å². The molecular weight excluding hydrogens is 417 g/mol. The molecule has 1 unspecified atom stereocenters. The molecule has 0 saturated carbocycles. The molecule has 0 saturated heterocycles. The molecule has 118 valence electrons. The van der Waals surface area contributed by atoms with E-state index in [1.54, 1.807) is 16.7 Å². The van der Waals surface area contributed by atoms with Gasteiger partial charge in [-0.25, -0.2) is 4.98 Å². The van der Waals surface area contributed by atoms with Crippen LogP contribution in [0.4, 0.5) is 0 Å². The molecule has 2 heterocycles. The maximum Gasteiger partial charge on any atom is 0.270 e. The molecule has 0 aliphatic rings. The minimum absolute atomic E-state index is 0. The molecule has 1 atom stereocenters. The summed E-state index contributed by atoms with van der Waals surface area (Å²) in [5, 5.41) is 7.47. The average molecular weight is 433 g/mol. The average Bonchev–Trinajstić information content (AvgIpc) is 2.96. The molecule has 0 aliphatic carbocycles. The lowest BCUT2D eigenvalue weighted by Gasteiger charge is -2.05. The Morgan fingerprint density at radius 1 is 1.43 bits per heavy atom. The highest BCUT2D eigenvalue weighted by Crippen LogP contribution is 2.31. The molecule has 3 N–H and O–H groups in total. The predicted octanol–water partition coefficient (Wildman–Crippen LogP) is 3.94. The van der Waals surface area contributed by atoms with Crippen molar-refractivity contribution in [2.24, 2.45) is 5.73 Å². The lowest BCUT2D eigenvalue weighted by atomic mass is 10.2. The lowest BCUT2D eigenvalue weighted by molar-refractivity contribution is 0.0948. The molecular formula is C12H16BrCl2N3OS2. The van der Waals surface area contributed by atoms with Gasteiger partial charge in [0.05, 0.1) is 4.88 Å². The fraction of sp³-hybridized carbons (Fsp3) is 0.333. The van der Waals surface area contributed by atoms with Gasteiger partial charge in [0, 0.05) is 27.8 Å². The first-order valence-electron chi connectivity index (χ1n) is 5.80. The number of amides is 1. The number of nitrogens with zero attached hydrogens (tertiary/aromatic N) is 1. The number of thiazole rings is 1. The van der Waals surface area contributed by atoms with Crippen LogP contribution in [-0.4, -0.2) is 23.5 Å². The molecule has 0 aromatic carbocycles. The van der Waals surface area contributed by atoms with Crippen molar-refractivity contribution in [1.29, 1.82) is 0 Å². The Bertz CT molecular complexity index is 574. The Morgan fingerprint density at radius 3 is 2.71 bits per heavy atom. The molecule has 2 aromatic heterocycles. The van der Waals surface area contributed by atoms with Crippen molar-refractivity contribution in [1.82, 2.24) is 10.3 Å². The first kappa shape index (κ1) is 20.8. The third-order valence-corrected chi connectivity index (χ3v) is 5.10. The van der Waals surface area contributed by atoms with E-state index >= 15 is 0 Å². The molecule has 21 heavy (non-hydrogen) atoms. The Labute approximate surface area is 152 Å². The molecule has 0 bridgehead atoms. The lowest BCUT2D eigenvalue weighted by Crippen LogP contribution is -2.29. The van der Waals surface area contributed by atoms with Crippen molar-refractivity contribution in [3.63, 3.8) is 0 Å². The number of aromatic nitrogens is 1. The van der Waals surface area contributed by atoms with Crippen LogP contribution in [0.2, 0.25) is 0 Å². The van der Waals surface area contributed by atoms with Crippen LogP contribution in [0.25, 0.3) is 9.88 Å². The zero-order chi connectivity index (χ0) is 13.8. The van der Waals surface area contributed by atoms with Crippen LogP contribution in [0.3, 0.4) is 0 Å². The standard InChI is InChI=1S/C12H14BrN3OS2.2ClH/c1-7(14)2-3-15-11(17)9-6-19-12(16-9)10-4-8(13)5-18-10;;/h4-7H,2-3,14H2,1H3,(H,15,17);2*1H. The third-order valence-electron chi connectivity index (χ3n) is 2.40. The van der Waals surface area contributed by atoms with Gasteiger partial charge in [-0.15, -0.1) is 47.5 Å². The van der Waals surface area contributed by atoms with Gasteiger partial charge < -0.3 is 11.1 Å². The summed E-state index contributed by atoms with van der Waals surface area (Å²) in [7, 11) is 0. The summed E-state index contributed by atoms with van der Waals surface area (Å²) in [6.07, 6.45) is 0.764. The van der Waals surface area contributed by atoms with Crippen LogP contribution in [0.1, 0.15) is 23.8 Å². The summed E-state index contributed by atoms with van der Waals surface area (Å²) in [4.78, 5) is 17.3. The number of hydrogen-bond donors (Lipinski definition) is 2. The van der Waals surface area contributed by atoms with Crippen molar-refractivity contribution in [2.75, 3.05) is 6.54 Å². The second-order valence-corrected chi connectivity index (χ2v) is 6.87. The molecule has 0 spiro atoms. The number of nitrogens with two attached hydrogens (primary N) is 1. The van der Waals surface area contributed by atoms with Gasteiger partial charge in [-0.1, -0.05) is 0 Å². The zero-order valence-corrected chi connectivity index (χ0v) is 16.0. The molecule has 4 nitrogen and oxygen atoms in total. The Morgan fingerprint density at radius 2 is 2.14 bits per heavy atom. The SMILES string of the molecule is CC(N)CCNC(=O)c1csc(-c2cc(Br)cs2)n1.Cl.Cl. The van der Waals surface area contributed by atoms with Crippen LogP contribution in [-0.2, 0) is 0 Å². The van der Waals surface area contributed by atoms with E-state index in [9.17, 15) is 4.79 Å². The number of thiophene rings is 1. The number of nitrogens with one attached hydrogen (secondary N) is 1. The Kier molecular flexibility index (Phi) is 9.68. The number of rotatable bonds is 5. The summed E-state index contributed by atoms with van der Waals surface area (Å²) in [5.74, 6) is -0.140. The number of carbonyl (C=O) groups excluding carboxylic acids is 1. The largest absolute Gasteiger partial charge is 0.351 e. The molecule has 2 rings (SSSR count). The maximum absolute atomic E-state index is 11.9. The molecule has 0 fully saturated rings. The van der Waals surface area contributed by atoms with Gasteiger partial charge in [-0.05, 0) is 35.3 Å². The van der Waals surface area contributed by atoms with E-state index in [0.29, 0.717) is 12.2 Å². The van der Waals surface area contributed by atoms with Gasteiger partial charge in [0.25, 0.3) is 5.91 Å². The molecule has 1 amide bonds. The summed E-state index contributed by atoms with van der Waals surface area (Å²) in [5.41, 5.74) is 6.10. The van der Waals surface area contributed by atoms with Crippen molar-refractivity contribution in [3.8, 4) is 9.88 Å². The quantitative estimate of drug-likeness (QED) is 0.751. The Hall–Kier alpha value is -0.180. The van der Waals surface area contributed by atoms with E-state index < -0.39 is 0 Å². The number of hydrogen-bond acceptors (Lipinski definition) is 5. The summed E-state index contributed by atoms with van der Waals surface area (Å²) >= 11 is 6.49. The van der Waals surface area contributed by atoms with Gasteiger partial charge in [0.1, 0.15) is 10.7 Å². The smallest absolute Gasteiger partial charge is 0.270 e. The maximum atomic E-state index is 11.9. The molecule has 9 heteroatoms. The molecule has 0 aliphatic heterocycles. The number of halogens is 3. The fourth-order valence-electron chi connectivity index (χ4n) is 1.42. The van der Waals surface area contributed by atoms with Gasteiger partial charge in [0.15, 0.2) is 0 Å². The topological polar surface area (TPSA) is 68.0 Å². The highest BCUT2D eigenvalue weighted by molar-refractivity contribution is 9.10. The second kappa shape index (κ2) is 9.76. The monoisotopic (exact) mass is 431 g/mol. The van der Waals surface area contributed by atoms with Crippen molar-refractivity contribution in [2.45, 2.75) is 19.4 Å². The van der Waals surface area contributed by atoms with E-state index in [0.717, 1.165) is 20.8 Å². The van der Waals surface area contributed by atoms with Crippen LogP contribution >= 0.6 is 63.4 Å². The third kappa shape index (κ3) is 6.22. The minimum Gasteiger partial charge on any atom is -0.351 e. The van der Waals surface area contributed by atoms with Crippen molar-refractivity contribution in [3.05, 3.63) is 27.0 Å². The van der Waals surface area contributed by atoms with Crippen LogP contribution in [0, 0.1) is 0 Å². The molecule has 0 radical (unpaired) electrons. The first-order chi connectivity index (χ1) is 9.06. The van der Waals surface area contributed by atoms with E-state index in [1.165, 1.54) is 11.3 Å².